The Balaban J connectivity index is 1.74. The summed E-state index contributed by atoms with van der Waals surface area (Å²) in [6.45, 7) is 0. The number of thioether (sulfide) groups is 1. The summed E-state index contributed by atoms with van der Waals surface area (Å²) in [6.07, 6.45) is 3.08. The summed E-state index contributed by atoms with van der Waals surface area (Å²) in [7, 11) is 0. The lowest BCUT2D eigenvalue weighted by molar-refractivity contribution is -0.383. The van der Waals surface area contributed by atoms with Crippen molar-refractivity contribution in [2.75, 3.05) is 11.1 Å². The molecule has 0 saturated heterocycles. The maximum Gasteiger partial charge on any atom is 0.292 e. The van der Waals surface area contributed by atoms with Crippen LogP contribution in [-0.4, -0.2) is 26.6 Å². The maximum absolute atomic E-state index is 12.2. The monoisotopic (exact) mass is 400 g/mol. The highest BCUT2D eigenvalue weighted by Gasteiger charge is 2.16. The first-order chi connectivity index (χ1) is 13.1. The van der Waals surface area contributed by atoms with E-state index in [1.165, 1.54) is 36.2 Å². The molecule has 1 amide bonds. The fourth-order valence-corrected chi connectivity index (χ4v) is 3.33. The van der Waals surface area contributed by atoms with Crippen LogP contribution in [0.4, 0.5) is 11.4 Å². The molecule has 0 fully saturated rings. The van der Waals surface area contributed by atoms with Gasteiger partial charge in [-0.15, -0.1) is 0 Å². The molecule has 136 valence electrons. The standard InChI is InChI=1S/C18H13ClN4O3S/c19-13-6-2-1-5-12(13)17-18(21-10-9-20-17)27-11-16(24)22-14-7-3-4-8-15(14)23(25)26/h1-10H,11H2,(H,22,24). The van der Waals surface area contributed by atoms with Gasteiger partial charge in [0.2, 0.25) is 5.91 Å². The molecule has 0 saturated carbocycles. The van der Waals surface area contributed by atoms with Crippen LogP contribution in [0.5, 0.6) is 0 Å². The van der Waals surface area contributed by atoms with Crippen LogP contribution in [0.1, 0.15) is 0 Å². The van der Waals surface area contributed by atoms with E-state index in [0.29, 0.717) is 21.3 Å². The van der Waals surface area contributed by atoms with E-state index >= 15 is 0 Å². The summed E-state index contributed by atoms with van der Waals surface area (Å²) in [5.41, 5.74) is 1.28. The number of para-hydroxylation sites is 2. The van der Waals surface area contributed by atoms with Crippen LogP contribution in [0.3, 0.4) is 0 Å². The number of anilines is 1. The van der Waals surface area contributed by atoms with Gasteiger partial charge in [-0.05, 0) is 12.1 Å². The second-order valence-electron chi connectivity index (χ2n) is 5.30. The van der Waals surface area contributed by atoms with Gasteiger partial charge < -0.3 is 5.32 Å². The molecular formula is C18H13ClN4O3S. The summed E-state index contributed by atoms with van der Waals surface area (Å²) in [5, 5.41) is 14.7. The number of benzene rings is 2. The van der Waals surface area contributed by atoms with E-state index in [0.717, 1.165) is 0 Å². The predicted molar refractivity (Wildman–Crippen MR) is 105 cm³/mol. The molecule has 1 heterocycles. The van der Waals surface area contributed by atoms with Crippen molar-refractivity contribution in [1.82, 2.24) is 9.97 Å². The molecule has 9 heteroatoms. The van der Waals surface area contributed by atoms with E-state index in [1.807, 2.05) is 18.2 Å². The molecule has 1 N–H and O–H groups in total. The first-order valence-electron chi connectivity index (χ1n) is 7.78. The van der Waals surface area contributed by atoms with E-state index < -0.39 is 4.92 Å². The third kappa shape index (κ3) is 4.60. The molecule has 0 spiro atoms. The number of hydrogen-bond donors (Lipinski definition) is 1. The fourth-order valence-electron chi connectivity index (χ4n) is 2.33. The third-order valence-corrected chi connectivity index (χ3v) is 4.82. The molecule has 1 aromatic heterocycles. The van der Waals surface area contributed by atoms with Gasteiger partial charge >= 0.3 is 0 Å². The van der Waals surface area contributed by atoms with Crippen molar-refractivity contribution in [1.29, 1.82) is 0 Å². The number of amides is 1. The molecule has 0 bridgehead atoms. The quantitative estimate of drug-likeness (QED) is 0.373. The highest BCUT2D eigenvalue weighted by atomic mass is 35.5. The largest absolute Gasteiger partial charge is 0.320 e. The number of nitrogens with zero attached hydrogens (tertiary/aromatic N) is 3. The van der Waals surface area contributed by atoms with Crippen LogP contribution < -0.4 is 5.32 Å². The minimum atomic E-state index is -0.541. The average Bonchev–Trinajstić information content (AvgIpc) is 2.67. The number of carbonyl (C=O) groups excluding carboxylic acids is 1. The van der Waals surface area contributed by atoms with Crippen LogP contribution in [-0.2, 0) is 4.79 Å². The molecule has 7 nitrogen and oxygen atoms in total. The normalized spacial score (nSPS) is 10.4. The molecular weight excluding hydrogens is 388 g/mol. The van der Waals surface area contributed by atoms with Gasteiger partial charge in [-0.1, -0.05) is 53.7 Å². The molecule has 0 unspecified atom stereocenters. The van der Waals surface area contributed by atoms with E-state index in [1.54, 1.807) is 18.3 Å². The predicted octanol–water partition coefficient (Wildman–Crippen LogP) is 4.44. The summed E-state index contributed by atoms with van der Waals surface area (Å²) < 4.78 is 0. The number of hydrogen-bond acceptors (Lipinski definition) is 6. The molecule has 0 radical (unpaired) electrons. The number of halogens is 1. The lowest BCUT2D eigenvalue weighted by Gasteiger charge is -2.09. The molecule has 3 rings (SSSR count). The number of rotatable bonds is 6. The number of carbonyl (C=O) groups is 1. The summed E-state index contributed by atoms with van der Waals surface area (Å²) >= 11 is 7.41. The maximum atomic E-state index is 12.2. The van der Waals surface area contributed by atoms with Gasteiger partial charge in [0, 0.05) is 24.0 Å². The van der Waals surface area contributed by atoms with Gasteiger partial charge in [-0.25, -0.2) is 4.98 Å². The highest BCUT2D eigenvalue weighted by molar-refractivity contribution is 8.00. The Morgan fingerprint density at radius 3 is 2.59 bits per heavy atom. The smallest absolute Gasteiger partial charge is 0.292 e. The highest BCUT2D eigenvalue weighted by Crippen LogP contribution is 2.32. The number of aromatic nitrogens is 2. The molecule has 0 aliphatic carbocycles. The van der Waals surface area contributed by atoms with E-state index in [4.69, 9.17) is 11.6 Å². The summed E-state index contributed by atoms with van der Waals surface area (Å²) in [4.78, 5) is 31.3. The topological polar surface area (TPSA) is 98.0 Å². The fraction of sp³-hybridized carbons (Fsp3) is 0.0556. The van der Waals surface area contributed by atoms with Crippen LogP contribution in [0.25, 0.3) is 11.3 Å². The Hall–Kier alpha value is -2.97. The van der Waals surface area contributed by atoms with Crippen molar-refractivity contribution in [3.05, 3.63) is 76.1 Å². The van der Waals surface area contributed by atoms with Gasteiger partial charge in [-0.2, -0.15) is 0 Å². The summed E-state index contributed by atoms with van der Waals surface area (Å²) in [6, 6.07) is 13.2. The molecule has 0 aliphatic heterocycles. The van der Waals surface area contributed by atoms with E-state index in [2.05, 4.69) is 15.3 Å². The Kier molecular flexibility index (Phi) is 6.00. The lowest BCUT2D eigenvalue weighted by Crippen LogP contribution is -2.15. The van der Waals surface area contributed by atoms with Gasteiger partial charge in [0.05, 0.1) is 15.7 Å². The first kappa shape index (κ1) is 18.8. The van der Waals surface area contributed by atoms with Gasteiger partial charge in [0.25, 0.3) is 5.69 Å². The lowest BCUT2D eigenvalue weighted by atomic mass is 10.2. The van der Waals surface area contributed by atoms with E-state index in [9.17, 15) is 14.9 Å². The van der Waals surface area contributed by atoms with Gasteiger partial charge in [-0.3, -0.25) is 19.9 Å². The molecule has 3 aromatic rings. The Morgan fingerprint density at radius 2 is 1.81 bits per heavy atom. The van der Waals surface area contributed by atoms with Crippen molar-refractivity contribution in [2.45, 2.75) is 5.03 Å². The van der Waals surface area contributed by atoms with Gasteiger partial charge in [0.15, 0.2) is 0 Å². The first-order valence-corrected chi connectivity index (χ1v) is 9.14. The second-order valence-corrected chi connectivity index (χ2v) is 6.67. The van der Waals surface area contributed by atoms with Crippen LogP contribution in [0, 0.1) is 10.1 Å². The third-order valence-electron chi connectivity index (χ3n) is 3.51. The van der Waals surface area contributed by atoms with Crippen molar-refractivity contribution in [2.24, 2.45) is 0 Å². The van der Waals surface area contributed by atoms with Crippen LogP contribution in [0.2, 0.25) is 5.02 Å². The zero-order chi connectivity index (χ0) is 19.2. The van der Waals surface area contributed by atoms with Crippen molar-refractivity contribution in [3.63, 3.8) is 0 Å². The molecule has 0 aliphatic rings. The van der Waals surface area contributed by atoms with Crippen molar-refractivity contribution >= 4 is 40.6 Å². The second kappa shape index (κ2) is 8.61. The Labute approximate surface area is 164 Å². The Morgan fingerprint density at radius 1 is 1.11 bits per heavy atom. The molecule has 27 heavy (non-hydrogen) atoms. The van der Waals surface area contributed by atoms with E-state index in [-0.39, 0.29) is 23.0 Å². The van der Waals surface area contributed by atoms with Gasteiger partial charge in [0.1, 0.15) is 16.4 Å². The minimum Gasteiger partial charge on any atom is -0.320 e. The zero-order valence-electron chi connectivity index (χ0n) is 13.8. The SMILES string of the molecule is O=C(CSc1nccnc1-c1ccccc1Cl)Nc1ccccc1[N+](=O)[O-]. The number of nitro benzene ring substituents is 1. The van der Waals surface area contributed by atoms with Crippen LogP contribution in [0.15, 0.2) is 66.0 Å². The zero-order valence-corrected chi connectivity index (χ0v) is 15.4. The van der Waals surface area contributed by atoms with Crippen molar-refractivity contribution < 1.29 is 9.72 Å². The van der Waals surface area contributed by atoms with Crippen LogP contribution >= 0.6 is 23.4 Å². The minimum absolute atomic E-state index is 0.0161. The Bertz CT molecular complexity index is 1000. The number of nitrogens with one attached hydrogen (secondary N) is 1. The molecule has 0 atom stereocenters. The summed E-state index contributed by atoms with van der Waals surface area (Å²) in [5.74, 6) is -0.368. The average molecular weight is 401 g/mol. The van der Waals surface area contributed by atoms with Crippen molar-refractivity contribution in [3.8, 4) is 11.3 Å². The number of nitro groups is 1. The molecule has 2 aromatic carbocycles.